The van der Waals surface area contributed by atoms with Crippen molar-refractivity contribution in [3.05, 3.63) is 0 Å². The van der Waals surface area contributed by atoms with Gasteiger partial charge < -0.3 is 9.80 Å². The molecule has 6 nitrogen and oxygen atoms in total. The van der Waals surface area contributed by atoms with Crippen molar-refractivity contribution in [2.45, 2.75) is 26.3 Å². The molecule has 2 amide bonds. The summed E-state index contributed by atoms with van der Waals surface area (Å²) in [7, 11) is 0. The van der Waals surface area contributed by atoms with Crippen LogP contribution in [-0.4, -0.2) is 90.0 Å². The summed E-state index contributed by atoms with van der Waals surface area (Å²) in [6.07, 6.45) is 1.22. The number of thioether (sulfide) groups is 1. The Labute approximate surface area is 173 Å². The predicted molar refractivity (Wildman–Crippen MR) is 111 cm³/mol. The van der Waals surface area contributed by atoms with E-state index in [9.17, 15) is 9.59 Å². The fourth-order valence-electron chi connectivity index (χ4n) is 4.06. The molecule has 3 aliphatic heterocycles. The molecule has 1 N–H and O–H groups in total. The van der Waals surface area contributed by atoms with Crippen molar-refractivity contribution < 1.29 is 9.59 Å². The normalized spacial score (nSPS) is 29.7. The number of nitrogens with one attached hydrogen (secondary N) is 1. The van der Waals surface area contributed by atoms with E-state index >= 15 is 0 Å². The lowest BCUT2D eigenvalue weighted by Gasteiger charge is -2.38. The zero-order valence-electron chi connectivity index (χ0n) is 15.7. The maximum atomic E-state index is 12.6. The monoisotopic (exact) mass is 426 g/mol. The van der Waals surface area contributed by atoms with Gasteiger partial charge in [0, 0.05) is 50.9 Å². The Morgan fingerprint density at radius 2 is 1.62 bits per heavy atom. The molecule has 0 saturated carbocycles. The van der Waals surface area contributed by atoms with E-state index in [1.807, 2.05) is 9.80 Å². The first-order valence-corrected chi connectivity index (χ1v) is 10.3. The Bertz CT molecular complexity index is 462. The number of halogens is 2. The van der Waals surface area contributed by atoms with Gasteiger partial charge in [-0.1, -0.05) is 13.8 Å². The first-order chi connectivity index (χ1) is 11.5. The van der Waals surface area contributed by atoms with Gasteiger partial charge in [-0.15, -0.1) is 36.6 Å². The molecule has 3 atom stereocenters. The summed E-state index contributed by atoms with van der Waals surface area (Å²) in [6, 6.07) is -0.0143. The van der Waals surface area contributed by atoms with Crippen molar-refractivity contribution in [2.24, 2.45) is 11.8 Å². The number of hydrogen-bond acceptors (Lipinski definition) is 5. The number of nitrogens with zero attached hydrogens (tertiary/aromatic N) is 3. The van der Waals surface area contributed by atoms with Crippen molar-refractivity contribution in [3.8, 4) is 0 Å². The van der Waals surface area contributed by atoms with Crippen molar-refractivity contribution in [2.75, 3.05) is 57.4 Å². The van der Waals surface area contributed by atoms with Gasteiger partial charge in [0.2, 0.25) is 11.8 Å². The average molecular weight is 427 g/mol. The lowest BCUT2D eigenvalue weighted by atomic mass is 9.92. The van der Waals surface area contributed by atoms with Crippen LogP contribution in [-0.2, 0) is 9.59 Å². The summed E-state index contributed by atoms with van der Waals surface area (Å²) in [6.45, 7) is 9.83. The molecule has 152 valence electrons. The number of likely N-dealkylation sites (tertiary alicyclic amines) is 1. The summed E-state index contributed by atoms with van der Waals surface area (Å²) < 4.78 is 0. The van der Waals surface area contributed by atoms with E-state index in [1.54, 1.807) is 11.8 Å². The third kappa shape index (κ3) is 6.16. The highest BCUT2D eigenvalue weighted by Crippen LogP contribution is 2.21. The molecule has 9 heteroatoms. The average Bonchev–Trinajstić information content (AvgIpc) is 3.08. The Hall–Kier alpha value is -0.210. The SMILES string of the molecule is CC1CC(C)CN(C(=O)CN2CCN(C(=O)C3CSCN3)CC2)C1.Cl.Cl. The second-order valence-corrected chi connectivity index (χ2v) is 8.65. The molecule has 0 radical (unpaired) electrons. The van der Waals surface area contributed by atoms with Gasteiger partial charge in [-0.3, -0.25) is 19.8 Å². The maximum absolute atomic E-state index is 12.6. The highest BCUT2D eigenvalue weighted by molar-refractivity contribution is 7.99. The number of amides is 2. The molecule has 3 aliphatic rings. The Morgan fingerprint density at radius 3 is 2.15 bits per heavy atom. The van der Waals surface area contributed by atoms with E-state index in [0.29, 0.717) is 18.4 Å². The van der Waals surface area contributed by atoms with E-state index in [1.165, 1.54) is 6.42 Å². The Morgan fingerprint density at radius 1 is 1.00 bits per heavy atom. The van der Waals surface area contributed by atoms with E-state index in [-0.39, 0.29) is 42.7 Å². The van der Waals surface area contributed by atoms with Crippen molar-refractivity contribution in [1.29, 1.82) is 0 Å². The van der Waals surface area contributed by atoms with Gasteiger partial charge in [0.15, 0.2) is 0 Å². The first-order valence-electron chi connectivity index (χ1n) is 9.13. The summed E-state index contributed by atoms with van der Waals surface area (Å²) in [5.41, 5.74) is 0. The largest absolute Gasteiger partial charge is 0.341 e. The summed E-state index contributed by atoms with van der Waals surface area (Å²) in [5, 5.41) is 3.25. The van der Waals surface area contributed by atoms with Crippen LogP contribution in [0, 0.1) is 11.8 Å². The molecule has 0 bridgehead atoms. The van der Waals surface area contributed by atoms with Crippen LogP contribution < -0.4 is 5.32 Å². The van der Waals surface area contributed by atoms with Crippen LogP contribution >= 0.6 is 36.6 Å². The molecule has 3 unspecified atom stereocenters. The van der Waals surface area contributed by atoms with Crippen molar-refractivity contribution in [1.82, 2.24) is 20.0 Å². The van der Waals surface area contributed by atoms with Gasteiger partial charge in [0.1, 0.15) is 0 Å². The minimum absolute atomic E-state index is 0. The standard InChI is InChI=1S/C17H30N4O2S.2ClH/c1-13-7-14(2)9-21(8-13)16(22)10-19-3-5-20(6-4-19)17(23)15-11-24-12-18-15;;/h13-15,18H,3-12H2,1-2H3;2*1H. The minimum Gasteiger partial charge on any atom is -0.341 e. The van der Waals surface area contributed by atoms with Crippen LogP contribution in [0.15, 0.2) is 0 Å². The highest BCUT2D eigenvalue weighted by atomic mass is 35.5. The molecule has 0 spiro atoms. The summed E-state index contributed by atoms with van der Waals surface area (Å²) in [5.74, 6) is 3.43. The van der Waals surface area contributed by atoms with E-state index in [2.05, 4.69) is 24.1 Å². The molecule has 3 rings (SSSR count). The number of hydrogen-bond donors (Lipinski definition) is 1. The Kier molecular flexibility index (Phi) is 10.0. The maximum Gasteiger partial charge on any atom is 0.240 e. The summed E-state index contributed by atoms with van der Waals surface area (Å²) >= 11 is 1.78. The number of piperidine rings is 1. The molecular formula is C17H32Cl2N4O2S. The number of carbonyl (C=O) groups excluding carboxylic acids is 2. The zero-order chi connectivity index (χ0) is 17.1. The smallest absolute Gasteiger partial charge is 0.240 e. The van der Waals surface area contributed by atoms with Crippen LogP contribution in [0.3, 0.4) is 0 Å². The molecular weight excluding hydrogens is 395 g/mol. The lowest BCUT2D eigenvalue weighted by Crippen LogP contribution is -2.55. The first kappa shape index (κ1) is 23.8. The van der Waals surface area contributed by atoms with Crippen LogP contribution in [0.25, 0.3) is 0 Å². The van der Waals surface area contributed by atoms with Crippen LogP contribution in [0.1, 0.15) is 20.3 Å². The van der Waals surface area contributed by atoms with Crippen molar-refractivity contribution in [3.63, 3.8) is 0 Å². The van der Waals surface area contributed by atoms with Crippen LogP contribution in [0.5, 0.6) is 0 Å². The van der Waals surface area contributed by atoms with Gasteiger partial charge in [-0.05, 0) is 18.3 Å². The Balaban J connectivity index is 0.00000169. The number of piperazine rings is 1. The molecule has 3 heterocycles. The van der Waals surface area contributed by atoms with Gasteiger partial charge in [-0.25, -0.2) is 0 Å². The van der Waals surface area contributed by atoms with Gasteiger partial charge >= 0.3 is 0 Å². The number of carbonyl (C=O) groups is 2. The highest BCUT2D eigenvalue weighted by Gasteiger charge is 2.31. The topological polar surface area (TPSA) is 55.9 Å². The molecule has 3 saturated heterocycles. The third-order valence-electron chi connectivity index (χ3n) is 5.28. The van der Waals surface area contributed by atoms with Gasteiger partial charge in [0.05, 0.1) is 12.6 Å². The van der Waals surface area contributed by atoms with E-state index in [4.69, 9.17) is 0 Å². The zero-order valence-corrected chi connectivity index (χ0v) is 18.1. The molecule has 26 heavy (non-hydrogen) atoms. The van der Waals surface area contributed by atoms with Gasteiger partial charge in [-0.2, -0.15) is 0 Å². The molecule has 0 aliphatic carbocycles. The molecule has 3 fully saturated rings. The van der Waals surface area contributed by atoms with E-state index < -0.39 is 0 Å². The fourth-order valence-corrected chi connectivity index (χ4v) is 4.99. The third-order valence-corrected chi connectivity index (χ3v) is 6.22. The fraction of sp³-hybridized carbons (Fsp3) is 0.882. The van der Waals surface area contributed by atoms with Crippen LogP contribution in [0.4, 0.5) is 0 Å². The van der Waals surface area contributed by atoms with E-state index in [0.717, 1.165) is 50.9 Å². The minimum atomic E-state index is -0.0143. The summed E-state index contributed by atoms with van der Waals surface area (Å²) in [4.78, 5) is 31.2. The molecule has 0 aromatic carbocycles. The van der Waals surface area contributed by atoms with Gasteiger partial charge in [0.25, 0.3) is 0 Å². The lowest BCUT2D eigenvalue weighted by molar-refractivity contribution is -0.137. The molecule has 0 aromatic rings. The number of rotatable bonds is 3. The quantitative estimate of drug-likeness (QED) is 0.732. The van der Waals surface area contributed by atoms with Crippen LogP contribution in [0.2, 0.25) is 0 Å². The van der Waals surface area contributed by atoms with Crippen molar-refractivity contribution >= 4 is 48.4 Å². The second-order valence-electron chi connectivity index (χ2n) is 7.62. The molecule has 0 aromatic heterocycles. The predicted octanol–water partition coefficient (Wildman–Crippen LogP) is 1.14. The second kappa shape index (κ2) is 11.0.